The molecule has 0 aliphatic rings. The molecule has 6 heteroatoms. The molecule has 0 spiro atoms. The van der Waals surface area contributed by atoms with Crippen LogP contribution in [0.25, 0.3) is 11.3 Å². The zero-order valence-corrected chi connectivity index (χ0v) is 15.0. The van der Waals surface area contributed by atoms with Gasteiger partial charge in [0.25, 0.3) is 0 Å². The van der Waals surface area contributed by atoms with Gasteiger partial charge in [-0.05, 0) is 48.0 Å². The van der Waals surface area contributed by atoms with Crippen LogP contribution in [-0.4, -0.2) is 16.7 Å². The molecule has 2 aromatic carbocycles. The minimum absolute atomic E-state index is 0.0300. The Morgan fingerprint density at radius 3 is 2.37 bits per heavy atom. The van der Waals surface area contributed by atoms with E-state index in [1.54, 1.807) is 30.3 Å². The lowest BCUT2D eigenvalue weighted by Gasteiger charge is -2.25. The summed E-state index contributed by atoms with van der Waals surface area (Å²) in [5.74, 6) is -0.226. The molecule has 1 aromatic heterocycles. The summed E-state index contributed by atoms with van der Waals surface area (Å²) >= 11 is 0. The smallest absolute Gasteiger partial charge is 0.148 e. The van der Waals surface area contributed by atoms with Crippen molar-refractivity contribution in [1.82, 2.24) is 10.2 Å². The Hall–Kier alpha value is -3.33. The minimum Gasteiger partial charge on any atom is -0.368 e. The first-order valence-electron chi connectivity index (χ1n) is 8.43. The van der Waals surface area contributed by atoms with E-state index in [0.29, 0.717) is 23.6 Å². The molecular weight excluding hydrogens is 346 g/mol. The van der Waals surface area contributed by atoms with Crippen LogP contribution in [0.15, 0.2) is 54.6 Å². The number of halogens is 2. The van der Waals surface area contributed by atoms with Crippen molar-refractivity contribution in [3.8, 4) is 17.3 Å². The molecule has 136 valence electrons. The third-order valence-electron chi connectivity index (χ3n) is 4.38. The summed E-state index contributed by atoms with van der Waals surface area (Å²) in [6.07, 6.45) is 0. The number of hydrogen-bond acceptors (Lipinski definition) is 4. The Labute approximate surface area is 156 Å². The van der Waals surface area contributed by atoms with Crippen LogP contribution < -0.4 is 5.32 Å². The molecule has 0 amide bonds. The molecular formula is C21H18F2N4. The fourth-order valence-electron chi connectivity index (χ4n) is 2.67. The van der Waals surface area contributed by atoms with E-state index in [1.807, 2.05) is 6.07 Å². The lowest BCUT2D eigenvalue weighted by Crippen LogP contribution is -2.28. The Kier molecular flexibility index (Phi) is 5.13. The zero-order chi connectivity index (χ0) is 19.4. The summed E-state index contributed by atoms with van der Waals surface area (Å²) in [6.45, 7) is 4.69. The topological polar surface area (TPSA) is 61.6 Å². The highest BCUT2D eigenvalue weighted by atomic mass is 19.1. The average molecular weight is 364 g/mol. The standard InChI is InChI=1S/C21H18F2N4/c1-21(2,16-4-6-17(22)7-5-16)13-25-20-10-9-19(26-27-20)14-3-8-18(23)15(11-14)12-24/h3-11H,13H2,1-2H3,(H,25,27). The van der Waals surface area contributed by atoms with Crippen LogP contribution in [0.1, 0.15) is 25.0 Å². The molecule has 3 aromatic rings. The molecule has 0 aliphatic carbocycles. The lowest BCUT2D eigenvalue weighted by atomic mass is 9.84. The van der Waals surface area contributed by atoms with Gasteiger partial charge in [0.2, 0.25) is 0 Å². The van der Waals surface area contributed by atoms with Crippen molar-refractivity contribution in [3.05, 3.63) is 77.4 Å². The molecule has 0 bridgehead atoms. The zero-order valence-electron chi connectivity index (χ0n) is 15.0. The fourth-order valence-corrected chi connectivity index (χ4v) is 2.67. The van der Waals surface area contributed by atoms with Gasteiger partial charge in [-0.1, -0.05) is 26.0 Å². The second kappa shape index (κ2) is 7.50. The van der Waals surface area contributed by atoms with Crippen molar-refractivity contribution < 1.29 is 8.78 Å². The largest absolute Gasteiger partial charge is 0.368 e. The molecule has 27 heavy (non-hydrogen) atoms. The summed E-state index contributed by atoms with van der Waals surface area (Å²) in [5.41, 5.74) is 1.93. The summed E-state index contributed by atoms with van der Waals surface area (Å²) in [5, 5.41) is 20.5. The van der Waals surface area contributed by atoms with Crippen molar-refractivity contribution in [2.75, 3.05) is 11.9 Å². The van der Waals surface area contributed by atoms with E-state index < -0.39 is 5.82 Å². The average Bonchev–Trinajstić information content (AvgIpc) is 2.68. The number of benzene rings is 2. The van der Waals surface area contributed by atoms with Crippen LogP contribution in [-0.2, 0) is 5.41 Å². The van der Waals surface area contributed by atoms with Gasteiger partial charge in [-0.25, -0.2) is 8.78 Å². The molecule has 4 nitrogen and oxygen atoms in total. The summed E-state index contributed by atoms with van der Waals surface area (Å²) in [4.78, 5) is 0. The highest BCUT2D eigenvalue weighted by molar-refractivity contribution is 5.62. The van der Waals surface area contributed by atoms with Gasteiger partial charge < -0.3 is 5.32 Å². The van der Waals surface area contributed by atoms with E-state index in [1.165, 1.54) is 24.3 Å². The van der Waals surface area contributed by atoms with Crippen molar-refractivity contribution in [2.24, 2.45) is 0 Å². The van der Waals surface area contributed by atoms with Crippen molar-refractivity contribution in [3.63, 3.8) is 0 Å². The van der Waals surface area contributed by atoms with Gasteiger partial charge in [0, 0.05) is 17.5 Å². The Morgan fingerprint density at radius 1 is 1.00 bits per heavy atom. The quantitative estimate of drug-likeness (QED) is 0.714. The summed E-state index contributed by atoms with van der Waals surface area (Å²) in [6, 6.07) is 16.0. The fraction of sp³-hybridized carbons (Fsp3) is 0.190. The molecule has 1 heterocycles. The van der Waals surface area contributed by atoms with Crippen LogP contribution in [0.5, 0.6) is 0 Å². The second-order valence-corrected chi connectivity index (χ2v) is 6.85. The predicted octanol–water partition coefficient (Wildman–Crippen LogP) is 4.68. The van der Waals surface area contributed by atoms with Gasteiger partial charge in [0.1, 0.15) is 23.5 Å². The Balaban J connectivity index is 1.71. The molecule has 0 radical (unpaired) electrons. The van der Waals surface area contributed by atoms with E-state index in [0.717, 1.165) is 5.56 Å². The minimum atomic E-state index is -0.560. The first kappa shape index (κ1) is 18.5. The lowest BCUT2D eigenvalue weighted by molar-refractivity contribution is 0.552. The molecule has 0 fully saturated rings. The second-order valence-electron chi connectivity index (χ2n) is 6.85. The van der Waals surface area contributed by atoms with E-state index in [-0.39, 0.29) is 16.8 Å². The first-order valence-corrected chi connectivity index (χ1v) is 8.43. The van der Waals surface area contributed by atoms with Crippen molar-refractivity contribution in [2.45, 2.75) is 19.3 Å². The normalized spacial score (nSPS) is 11.1. The third-order valence-corrected chi connectivity index (χ3v) is 4.38. The maximum absolute atomic E-state index is 13.4. The number of nitrogens with zero attached hydrogens (tertiary/aromatic N) is 3. The van der Waals surface area contributed by atoms with Crippen LogP contribution in [0.4, 0.5) is 14.6 Å². The molecule has 1 N–H and O–H groups in total. The number of nitrogens with one attached hydrogen (secondary N) is 1. The van der Waals surface area contributed by atoms with E-state index in [2.05, 4.69) is 29.4 Å². The molecule has 0 atom stereocenters. The van der Waals surface area contributed by atoms with Crippen molar-refractivity contribution in [1.29, 1.82) is 5.26 Å². The van der Waals surface area contributed by atoms with E-state index in [4.69, 9.17) is 5.26 Å². The summed E-state index contributed by atoms with van der Waals surface area (Å²) in [7, 11) is 0. The van der Waals surface area contributed by atoms with Gasteiger partial charge in [0.05, 0.1) is 11.3 Å². The monoisotopic (exact) mass is 364 g/mol. The highest BCUT2D eigenvalue weighted by Gasteiger charge is 2.20. The van der Waals surface area contributed by atoms with Crippen molar-refractivity contribution >= 4 is 5.82 Å². The molecule has 0 aliphatic heterocycles. The molecule has 3 rings (SSSR count). The molecule has 0 saturated carbocycles. The molecule has 0 unspecified atom stereocenters. The van der Waals surface area contributed by atoms with Crippen LogP contribution in [0.3, 0.4) is 0 Å². The highest BCUT2D eigenvalue weighted by Crippen LogP contribution is 2.24. The maximum atomic E-state index is 13.4. The molecule has 0 saturated heterocycles. The third kappa shape index (κ3) is 4.26. The van der Waals surface area contributed by atoms with Crippen LogP contribution >= 0.6 is 0 Å². The number of hydrogen-bond donors (Lipinski definition) is 1. The number of rotatable bonds is 5. The Morgan fingerprint density at radius 2 is 1.74 bits per heavy atom. The predicted molar refractivity (Wildman–Crippen MR) is 100 cm³/mol. The van der Waals surface area contributed by atoms with Gasteiger partial charge >= 0.3 is 0 Å². The van der Waals surface area contributed by atoms with Gasteiger partial charge in [-0.2, -0.15) is 5.26 Å². The van der Waals surface area contributed by atoms with E-state index in [9.17, 15) is 8.78 Å². The number of aromatic nitrogens is 2. The first-order chi connectivity index (χ1) is 12.9. The van der Waals surface area contributed by atoms with Gasteiger partial charge in [-0.3, -0.25) is 0 Å². The summed E-state index contributed by atoms with van der Waals surface area (Å²) < 4.78 is 26.5. The number of nitriles is 1. The number of anilines is 1. The van der Waals surface area contributed by atoms with E-state index >= 15 is 0 Å². The maximum Gasteiger partial charge on any atom is 0.148 e. The van der Waals surface area contributed by atoms with Gasteiger partial charge in [-0.15, -0.1) is 10.2 Å². The Bertz CT molecular complexity index is 975. The van der Waals surface area contributed by atoms with Crippen LogP contribution in [0, 0.1) is 23.0 Å². The van der Waals surface area contributed by atoms with Crippen LogP contribution in [0.2, 0.25) is 0 Å². The van der Waals surface area contributed by atoms with Gasteiger partial charge in [0.15, 0.2) is 0 Å². The SMILES string of the molecule is CC(C)(CNc1ccc(-c2ccc(F)c(C#N)c2)nn1)c1ccc(F)cc1.